The predicted octanol–water partition coefficient (Wildman–Crippen LogP) is 2.32. The Balaban J connectivity index is 2.12. The van der Waals surface area contributed by atoms with E-state index in [-0.39, 0.29) is 21.6 Å². The van der Waals surface area contributed by atoms with Gasteiger partial charge in [-0.15, -0.1) is 0 Å². The van der Waals surface area contributed by atoms with Crippen LogP contribution in [-0.2, 0) is 10.0 Å². The van der Waals surface area contributed by atoms with Crippen molar-refractivity contribution >= 4 is 50.3 Å². The Labute approximate surface area is 182 Å². The number of nitro benzene ring substituents is 2. The number of sulfonamides is 1. The van der Waals surface area contributed by atoms with Crippen molar-refractivity contribution in [3.63, 3.8) is 0 Å². The maximum absolute atomic E-state index is 12.3. The molecule has 0 radical (unpaired) electrons. The van der Waals surface area contributed by atoms with Gasteiger partial charge in [0.1, 0.15) is 0 Å². The first-order chi connectivity index (χ1) is 14.4. The van der Waals surface area contributed by atoms with Gasteiger partial charge in [-0.1, -0.05) is 0 Å². The summed E-state index contributed by atoms with van der Waals surface area (Å²) >= 11 is 5.00. The number of benzene rings is 2. The lowest BCUT2D eigenvalue weighted by Gasteiger charge is -2.12. The first kappa shape index (κ1) is 23.8. The third-order valence-electron chi connectivity index (χ3n) is 3.63. The van der Waals surface area contributed by atoms with Crippen molar-refractivity contribution in [1.29, 1.82) is 0 Å². The summed E-state index contributed by atoms with van der Waals surface area (Å²) in [5.74, 6) is -0.898. The highest BCUT2D eigenvalue weighted by Gasteiger charge is 2.20. The van der Waals surface area contributed by atoms with Crippen molar-refractivity contribution in [3.05, 3.63) is 68.3 Å². The molecule has 2 rings (SSSR count). The Morgan fingerprint density at radius 2 is 1.52 bits per heavy atom. The molecule has 2 aromatic rings. The second-order valence-electron chi connectivity index (χ2n) is 6.46. The number of nitrogens with zero attached hydrogens (tertiary/aromatic N) is 2. The lowest BCUT2D eigenvalue weighted by molar-refractivity contribution is -0.394. The second-order valence-corrected chi connectivity index (χ2v) is 8.58. The van der Waals surface area contributed by atoms with E-state index in [0.717, 1.165) is 18.2 Å². The van der Waals surface area contributed by atoms with E-state index in [4.69, 9.17) is 12.2 Å². The molecule has 0 saturated carbocycles. The summed E-state index contributed by atoms with van der Waals surface area (Å²) in [6, 6.07) is 7.73. The lowest BCUT2D eigenvalue weighted by atomic mass is 10.1. The Morgan fingerprint density at radius 3 is 1.97 bits per heavy atom. The molecule has 0 bridgehead atoms. The molecule has 3 N–H and O–H groups in total. The summed E-state index contributed by atoms with van der Waals surface area (Å²) in [7, 11) is -3.67. The largest absolute Gasteiger partial charge is 0.332 e. The van der Waals surface area contributed by atoms with Crippen molar-refractivity contribution in [2.24, 2.45) is 0 Å². The second kappa shape index (κ2) is 9.55. The van der Waals surface area contributed by atoms with Crippen molar-refractivity contribution < 1.29 is 23.1 Å². The van der Waals surface area contributed by atoms with E-state index in [2.05, 4.69) is 15.4 Å². The molecule has 1 amide bonds. The number of carbonyl (C=O) groups is 1. The monoisotopic (exact) mass is 467 g/mol. The predicted molar refractivity (Wildman–Crippen MR) is 115 cm³/mol. The Hall–Kier alpha value is -3.49. The molecule has 0 saturated heterocycles. The van der Waals surface area contributed by atoms with Gasteiger partial charge in [-0.05, 0) is 50.3 Å². The van der Waals surface area contributed by atoms with Gasteiger partial charge in [-0.25, -0.2) is 13.1 Å². The van der Waals surface area contributed by atoms with Gasteiger partial charge in [0.25, 0.3) is 17.3 Å². The highest BCUT2D eigenvalue weighted by molar-refractivity contribution is 7.89. The molecule has 0 spiro atoms. The first-order valence-electron chi connectivity index (χ1n) is 8.57. The molecule has 14 heteroatoms. The Morgan fingerprint density at radius 1 is 1.00 bits per heavy atom. The summed E-state index contributed by atoms with van der Waals surface area (Å²) in [6.45, 7) is 3.37. The zero-order valence-corrected chi connectivity index (χ0v) is 17.8. The Bertz CT molecular complexity index is 1120. The summed E-state index contributed by atoms with van der Waals surface area (Å²) in [5.41, 5.74) is -1.21. The molecule has 0 atom stereocenters. The van der Waals surface area contributed by atoms with Gasteiger partial charge in [0.2, 0.25) is 10.0 Å². The highest BCUT2D eigenvalue weighted by atomic mass is 32.2. The van der Waals surface area contributed by atoms with E-state index in [1.807, 2.05) is 0 Å². The van der Waals surface area contributed by atoms with Crippen LogP contribution < -0.4 is 15.4 Å². The van der Waals surface area contributed by atoms with E-state index < -0.39 is 37.2 Å². The van der Waals surface area contributed by atoms with Gasteiger partial charge in [-0.2, -0.15) is 0 Å². The normalized spacial score (nSPS) is 11.1. The van der Waals surface area contributed by atoms with Crippen molar-refractivity contribution in [3.8, 4) is 0 Å². The Kier molecular flexibility index (Phi) is 7.32. The van der Waals surface area contributed by atoms with Crippen molar-refractivity contribution in [1.82, 2.24) is 10.0 Å². The molecule has 2 aromatic carbocycles. The molecule has 0 aliphatic rings. The van der Waals surface area contributed by atoms with Crippen LogP contribution in [0.5, 0.6) is 0 Å². The van der Waals surface area contributed by atoms with Gasteiger partial charge in [0, 0.05) is 23.9 Å². The molecular weight excluding hydrogens is 450 g/mol. The molecule has 0 unspecified atom stereocenters. The average Bonchev–Trinajstić information content (AvgIpc) is 2.66. The van der Waals surface area contributed by atoms with E-state index >= 15 is 0 Å². The highest BCUT2D eigenvalue weighted by Crippen LogP contribution is 2.22. The summed E-state index contributed by atoms with van der Waals surface area (Å²) < 4.78 is 26.7. The smallest absolute Gasteiger partial charge is 0.277 e. The first-order valence-corrected chi connectivity index (χ1v) is 10.5. The van der Waals surface area contributed by atoms with Crippen LogP contribution in [0.2, 0.25) is 0 Å². The van der Waals surface area contributed by atoms with E-state index in [1.54, 1.807) is 13.8 Å². The van der Waals surface area contributed by atoms with Crippen LogP contribution in [0.15, 0.2) is 47.4 Å². The minimum absolute atomic E-state index is 0.0330. The molecule has 0 heterocycles. The third-order valence-corrected chi connectivity index (χ3v) is 5.51. The SMILES string of the molecule is CC(C)NS(=O)(=O)c1ccc(NC(=S)NC(=O)c2cc([N+](=O)[O-])cc([N+](=O)[O-])c2)cc1. The zero-order chi connectivity index (χ0) is 23.3. The van der Waals surface area contributed by atoms with Crippen LogP contribution in [0, 0.1) is 20.2 Å². The summed E-state index contributed by atoms with van der Waals surface area (Å²) in [6.07, 6.45) is 0. The zero-order valence-electron chi connectivity index (χ0n) is 16.2. The van der Waals surface area contributed by atoms with Crippen LogP contribution in [0.25, 0.3) is 0 Å². The molecule has 0 aliphatic heterocycles. The lowest BCUT2D eigenvalue weighted by Crippen LogP contribution is -2.34. The van der Waals surface area contributed by atoms with Gasteiger partial charge >= 0.3 is 0 Å². The van der Waals surface area contributed by atoms with Crippen LogP contribution in [-0.4, -0.2) is 35.3 Å². The van der Waals surface area contributed by atoms with E-state index in [9.17, 15) is 33.4 Å². The topological polar surface area (TPSA) is 174 Å². The number of rotatable bonds is 7. The average molecular weight is 467 g/mol. The van der Waals surface area contributed by atoms with Gasteiger partial charge in [0.15, 0.2) is 5.11 Å². The molecule has 31 heavy (non-hydrogen) atoms. The number of anilines is 1. The molecule has 164 valence electrons. The van der Waals surface area contributed by atoms with Gasteiger partial charge < -0.3 is 5.32 Å². The number of carbonyl (C=O) groups excluding carboxylic acids is 1. The van der Waals surface area contributed by atoms with Crippen LogP contribution in [0.3, 0.4) is 0 Å². The quantitative estimate of drug-likeness (QED) is 0.313. The van der Waals surface area contributed by atoms with Crippen LogP contribution in [0.1, 0.15) is 24.2 Å². The number of non-ortho nitro benzene ring substituents is 2. The third kappa shape index (κ3) is 6.50. The number of amides is 1. The summed E-state index contributed by atoms with van der Waals surface area (Å²) in [4.78, 5) is 32.5. The minimum Gasteiger partial charge on any atom is -0.332 e. The molecule has 0 fully saturated rings. The minimum atomic E-state index is -3.67. The molecule has 0 aliphatic carbocycles. The fourth-order valence-corrected chi connectivity index (χ4v) is 3.83. The number of hydrogen-bond acceptors (Lipinski definition) is 8. The van der Waals surface area contributed by atoms with E-state index in [1.165, 1.54) is 24.3 Å². The number of nitrogens with one attached hydrogen (secondary N) is 3. The molecular formula is C17H17N5O7S2. The molecule has 12 nitrogen and oxygen atoms in total. The van der Waals surface area contributed by atoms with Gasteiger partial charge in [0.05, 0.1) is 26.4 Å². The molecule has 0 aromatic heterocycles. The van der Waals surface area contributed by atoms with Crippen LogP contribution in [0.4, 0.5) is 17.1 Å². The standard InChI is InChI=1S/C17H17N5O7S2/c1-10(2)20-31(28,29)15-5-3-12(4-6-15)18-17(30)19-16(23)11-7-13(21(24)25)9-14(8-11)22(26)27/h3-10,20H,1-2H3,(H2,18,19,23,30). The summed E-state index contributed by atoms with van der Waals surface area (Å²) in [5, 5.41) is 26.6. The number of hydrogen-bond donors (Lipinski definition) is 3. The van der Waals surface area contributed by atoms with Crippen molar-refractivity contribution in [2.45, 2.75) is 24.8 Å². The maximum Gasteiger partial charge on any atom is 0.277 e. The fourth-order valence-electron chi connectivity index (χ4n) is 2.37. The van der Waals surface area contributed by atoms with Crippen LogP contribution >= 0.6 is 12.2 Å². The fraction of sp³-hybridized carbons (Fsp3) is 0.176. The number of thiocarbonyl (C=S) groups is 1. The number of nitro groups is 2. The maximum atomic E-state index is 12.3. The van der Waals surface area contributed by atoms with Crippen molar-refractivity contribution in [2.75, 3.05) is 5.32 Å². The van der Waals surface area contributed by atoms with E-state index in [0.29, 0.717) is 5.69 Å². The van der Waals surface area contributed by atoms with Gasteiger partial charge in [-0.3, -0.25) is 30.3 Å².